The minimum atomic E-state index is -1.24. The van der Waals surface area contributed by atoms with Gasteiger partial charge in [0.05, 0.1) is 11.2 Å². The van der Waals surface area contributed by atoms with Gasteiger partial charge < -0.3 is 14.4 Å². The lowest BCUT2D eigenvalue weighted by Gasteiger charge is -2.32. The van der Waals surface area contributed by atoms with Crippen molar-refractivity contribution >= 4 is 24.4 Å². The van der Waals surface area contributed by atoms with Gasteiger partial charge in [-0.15, -0.1) is 0 Å². The van der Waals surface area contributed by atoms with Gasteiger partial charge in [0, 0.05) is 11.2 Å². The van der Waals surface area contributed by atoms with Crippen LogP contribution < -0.4 is 10.8 Å². The van der Waals surface area contributed by atoms with Crippen molar-refractivity contribution in [3.05, 3.63) is 23.5 Å². The summed E-state index contributed by atoms with van der Waals surface area (Å²) >= 11 is 0. The van der Waals surface area contributed by atoms with E-state index in [2.05, 4.69) is 5.32 Å². The molecule has 1 aliphatic rings. The van der Waals surface area contributed by atoms with E-state index in [9.17, 15) is 9.18 Å². The van der Waals surface area contributed by atoms with Crippen LogP contribution in [0.1, 0.15) is 33.3 Å². The molecular formula is C14H19BFNO4. The predicted octanol–water partition coefficient (Wildman–Crippen LogP) is 2.52. The van der Waals surface area contributed by atoms with E-state index in [4.69, 9.17) is 14.4 Å². The summed E-state index contributed by atoms with van der Waals surface area (Å²) in [5.41, 5.74) is -0.0807. The maximum absolute atomic E-state index is 14.3. The second-order valence-corrected chi connectivity index (χ2v) is 6.21. The number of amides is 1. The van der Waals surface area contributed by atoms with Gasteiger partial charge in [0.2, 0.25) is 0 Å². The number of hydrogen-bond donors (Lipinski definition) is 2. The smallest absolute Gasteiger partial charge is 0.465 e. The van der Waals surface area contributed by atoms with E-state index in [1.54, 1.807) is 13.0 Å². The first-order chi connectivity index (χ1) is 9.53. The van der Waals surface area contributed by atoms with E-state index >= 15 is 0 Å². The summed E-state index contributed by atoms with van der Waals surface area (Å²) in [7, 11) is -0.811. The lowest BCUT2D eigenvalue weighted by Crippen LogP contribution is -2.41. The van der Waals surface area contributed by atoms with Crippen LogP contribution in [0.25, 0.3) is 0 Å². The highest BCUT2D eigenvalue weighted by Crippen LogP contribution is 2.37. The molecule has 1 aliphatic heterocycles. The van der Waals surface area contributed by atoms with Crippen LogP contribution in [0.4, 0.5) is 14.9 Å². The Bertz CT molecular complexity index is 549. The van der Waals surface area contributed by atoms with Crippen LogP contribution in [0, 0.1) is 12.7 Å². The largest absolute Gasteiger partial charge is 0.498 e. The highest BCUT2D eigenvalue weighted by Gasteiger charge is 2.52. The number of carboxylic acid groups (broad SMARTS) is 1. The van der Waals surface area contributed by atoms with E-state index in [1.165, 1.54) is 0 Å². The van der Waals surface area contributed by atoms with Gasteiger partial charge in [0.15, 0.2) is 0 Å². The first kappa shape index (κ1) is 15.8. The molecular weight excluding hydrogens is 276 g/mol. The molecule has 0 unspecified atom stereocenters. The summed E-state index contributed by atoms with van der Waals surface area (Å²) in [4.78, 5) is 10.6. The Morgan fingerprint density at radius 2 is 1.76 bits per heavy atom. The highest BCUT2D eigenvalue weighted by molar-refractivity contribution is 6.62. The first-order valence-electron chi connectivity index (χ1n) is 6.69. The molecule has 1 saturated heterocycles. The van der Waals surface area contributed by atoms with Gasteiger partial charge in [-0.2, -0.15) is 0 Å². The van der Waals surface area contributed by atoms with Crippen LogP contribution in [0.2, 0.25) is 0 Å². The average molecular weight is 295 g/mol. The van der Waals surface area contributed by atoms with Crippen molar-refractivity contribution in [1.82, 2.24) is 0 Å². The molecule has 2 N–H and O–H groups in total. The molecule has 2 rings (SSSR count). The lowest BCUT2D eigenvalue weighted by molar-refractivity contribution is 0.00578. The lowest BCUT2D eigenvalue weighted by atomic mass is 9.75. The fourth-order valence-electron chi connectivity index (χ4n) is 2.21. The quantitative estimate of drug-likeness (QED) is 0.823. The molecule has 1 aromatic carbocycles. The van der Waals surface area contributed by atoms with Gasteiger partial charge in [-0.3, -0.25) is 5.32 Å². The number of rotatable bonds is 2. The maximum Gasteiger partial charge on any atom is 0.498 e. The number of carbonyl (C=O) groups is 1. The van der Waals surface area contributed by atoms with E-state index in [0.29, 0.717) is 11.0 Å². The first-order valence-corrected chi connectivity index (χ1v) is 6.69. The van der Waals surface area contributed by atoms with Crippen molar-refractivity contribution in [2.45, 2.75) is 45.8 Å². The minimum absolute atomic E-state index is 0.178. The van der Waals surface area contributed by atoms with Gasteiger partial charge in [0.1, 0.15) is 5.82 Å². The molecule has 0 atom stereocenters. The summed E-state index contributed by atoms with van der Waals surface area (Å²) in [6.07, 6.45) is -1.24. The minimum Gasteiger partial charge on any atom is -0.465 e. The molecule has 1 aromatic rings. The summed E-state index contributed by atoms with van der Waals surface area (Å²) < 4.78 is 26.0. The van der Waals surface area contributed by atoms with E-state index in [1.807, 2.05) is 27.7 Å². The molecule has 1 heterocycles. The van der Waals surface area contributed by atoms with Gasteiger partial charge >= 0.3 is 13.2 Å². The molecule has 0 aliphatic carbocycles. The Labute approximate surface area is 123 Å². The second-order valence-electron chi connectivity index (χ2n) is 6.21. The molecule has 5 nitrogen and oxygen atoms in total. The molecule has 21 heavy (non-hydrogen) atoms. The molecule has 0 aromatic heterocycles. The van der Waals surface area contributed by atoms with Gasteiger partial charge in [-0.25, -0.2) is 9.18 Å². The zero-order chi connectivity index (χ0) is 16.0. The SMILES string of the molecule is Cc1cc(NC(=O)O)cc(F)c1B1OC(C)(C)C(C)(C)O1. The van der Waals surface area contributed by atoms with Gasteiger partial charge in [-0.05, 0) is 52.3 Å². The summed E-state index contributed by atoms with van der Waals surface area (Å²) in [5.74, 6) is -0.558. The third kappa shape index (κ3) is 2.89. The highest BCUT2D eigenvalue weighted by atomic mass is 19.1. The number of aryl methyl sites for hydroxylation is 1. The van der Waals surface area contributed by atoms with Crippen molar-refractivity contribution in [3.8, 4) is 0 Å². The molecule has 1 fully saturated rings. The fourth-order valence-corrected chi connectivity index (χ4v) is 2.21. The summed E-state index contributed by atoms with van der Waals surface area (Å²) in [6, 6.07) is 2.68. The molecule has 7 heteroatoms. The topological polar surface area (TPSA) is 67.8 Å². The number of benzene rings is 1. The molecule has 0 radical (unpaired) electrons. The maximum atomic E-state index is 14.3. The van der Waals surface area contributed by atoms with E-state index < -0.39 is 30.2 Å². The molecule has 0 bridgehead atoms. The molecule has 1 amide bonds. The fraction of sp³-hybridized carbons (Fsp3) is 0.500. The third-order valence-corrected chi connectivity index (χ3v) is 4.08. The second kappa shape index (κ2) is 5.00. The van der Waals surface area contributed by atoms with Crippen molar-refractivity contribution in [2.75, 3.05) is 5.32 Å². The molecule has 114 valence electrons. The zero-order valence-electron chi connectivity index (χ0n) is 12.8. The Morgan fingerprint density at radius 3 is 2.19 bits per heavy atom. The normalized spacial score (nSPS) is 19.6. The van der Waals surface area contributed by atoms with Crippen LogP contribution in [0.3, 0.4) is 0 Å². The van der Waals surface area contributed by atoms with Crippen LogP contribution in [0.15, 0.2) is 12.1 Å². The Kier molecular flexibility index (Phi) is 3.76. The number of anilines is 1. The van der Waals surface area contributed by atoms with Crippen molar-refractivity contribution in [2.24, 2.45) is 0 Å². The Morgan fingerprint density at radius 1 is 1.24 bits per heavy atom. The Hall–Kier alpha value is -1.60. The third-order valence-electron chi connectivity index (χ3n) is 4.08. The van der Waals surface area contributed by atoms with E-state index in [-0.39, 0.29) is 5.69 Å². The number of halogens is 1. The van der Waals surface area contributed by atoms with E-state index in [0.717, 1.165) is 6.07 Å². The van der Waals surface area contributed by atoms with Crippen LogP contribution >= 0.6 is 0 Å². The van der Waals surface area contributed by atoms with Gasteiger partial charge in [0.25, 0.3) is 0 Å². The van der Waals surface area contributed by atoms with Crippen LogP contribution in [-0.4, -0.2) is 29.5 Å². The average Bonchev–Trinajstić information content (AvgIpc) is 2.44. The molecule has 0 spiro atoms. The monoisotopic (exact) mass is 295 g/mol. The zero-order valence-corrected chi connectivity index (χ0v) is 12.8. The molecule has 0 saturated carbocycles. The van der Waals surface area contributed by atoms with Crippen molar-refractivity contribution in [1.29, 1.82) is 0 Å². The standard InChI is InChI=1S/C14H19BFNO4/c1-8-6-9(17-12(18)19)7-10(16)11(8)15-20-13(2,3)14(4,5)21-15/h6-7,17H,1-5H3,(H,18,19). The van der Waals surface area contributed by atoms with Crippen molar-refractivity contribution < 1.29 is 23.6 Å². The Balaban J connectivity index is 2.36. The summed E-state index contributed by atoms with van der Waals surface area (Å²) in [5, 5.41) is 10.8. The number of nitrogens with one attached hydrogen (secondary N) is 1. The predicted molar refractivity (Wildman–Crippen MR) is 78.5 cm³/mol. The van der Waals surface area contributed by atoms with Crippen LogP contribution in [0.5, 0.6) is 0 Å². The van der Waals surface area contributed by atoms with Crippen molar-refractivity contribution in [3.63, 3.8) is 0 Å². The summed E-state index contributed by atoms with van der Waals surface area (Å²) in [6.45, 7) is 9.25. The van der Waals surface area contributed by atoms with Gasteiger partial charge in [-0.1, -0.05) is 0 Å². The number of hydrogen-bond acceptors (Lipinski definition) is 3. The van der Waals surface area contributed by atoms with Crippen LogP contribution in [-0.2, 0) is 9.31 Å².